The van der Waals surface area contributed by atoms with Crippen LogP contribution < -0.4 is 0 Å². The van der Waals surface area contributed by atoms with E-state index >= 15 is 0 Å². The van der Waals surface area contributed by atoms with Crippen LogP contribution in [-0.4, -0.2) is 24.2 Å². The first kappa shape index (κ1) is 14.0. The van der Waals surface area contributed by atoms with Crippen LogP contribution in [0.2, 0.25) is 0 Å². The van der Waals surface area contributed by atoms with Gasteiger partial charge in [-0.25, -0.2) is 4.79 Å². The molecule has 1 rings (SSSR count). The van der Waals surface area contributed by atoms with E-state index in [1.807, 2.05) is 0 Å². The van der Waals surface area contributed by atoms with Crippen LogP contribution in [0.25, 0.3) is 6.08 Å². The van der Waals surface area contributed by atoms with E-state index in [9.17, 15) is 9.59 Å². The number of rotatable bonds is 4. The van der Waals surface area contributed by atoms with E-state index in [2.05, 4.69) is 4.74 Å². The van der Waals surface area contributed by atoms with Crippen LogP contribution in [0.1, 0.15) is 25.0 Å². The van der Waals surface area contributed by atoms with Crippen LogP contribution in [-0.2, 0) is 19.7 Å². The first-order chi connectivity index (χ1) is 8.37. The Morgan fingerprint density at radius 3 is 2.22 bits per heavy atom. The van der Waals surface area contributed by atoms with Gasteiger partial charge in [0.05, 0.1) is 12.5 Å². The van der Waals surface area contributed by atoms with Crippen molar-refractivity contribution < 1.29 is 19.4 Å². The first-order valence-electron chi connectivity index (χ1n) is 5.48. The molecule has 96 valence electrons. The van der Waals surface area contributed by atoms with Crippen LogP contribution in [0.3, 0.4) is 0 Å². The molecule has 0 saturated heterocycles. The molecule has 4 nitrogen and oxygen atoms in total. The average Bonchev–Trinajstić information content (AvgIpc) is 2.36. The summed E-state index contributed by atoms with van der Waals surface area (Å²) in [6, 6.07) is 7.01. The van der Waals surface area contributed by atoms with Gasteiger partial charge in [0.2, 0.25) is 0 Å². The molecule has 0 amide bonds. The Bertz CT molecular complexity index is 469. The molecule has 0 spiro atoms. The molecule has 18 heavy (non-hydrogen) atoms. The molecule has 0 saturated carbocycles. The van der Waals surface area contributed by atoms with Crippen molar-refractivity contribution in [1.82, 2.24) is 0 Å². The molecule has 1 aromatic rings. The summed E-state index contributed by atoms with van der Waals surface area (Å²) in [6.07, 6.45) is 2.93. The molecule has 0 aromatic heterocycles. The Kier molecular flexibility index (Phi) is 4.26. The highest BCUT2D eigenvalue weighted by Crippen LogP contribution is 2.23. The fourth-order valence-corrected chi connectivity index (χ4v) is 1.37. The summed E-state index contributed by atoms with van der Waals surface area (Å²) in [5.74, 6) is -1.30. The standard InChI is InChI=1S/C14H16O4/c1-14(2,13(16)17)11-7-4-10(5-8-11)6-9-12(15)18-3/h4-9H,1-3H3,(H,16,17). The van der Waals surface area contributed by atoms with Gasteiger partial charge in [-0.2, -0.15) is 0 Å². The first-order valence-corrected chi connectivity index (χ1v) is 5.48. The number of carbonyl (C=O) groups excluding carboxylic acids is 1. The molecule has 0 atom stereocenters. The van der Waals surface area contributed by atoms with Crippen molar-refractivity contribution in [2.24, 2.45) is 0 Å². The summed E-state index contributed by atoms with van der Waals surface area (Å²) in [4.78, 5) is 22.0. The van der Waals surface area contributed by atoms with Crippen molar-refractivity contribution in [1.29, 1.82) is 0 Å². The molecule has 0 radical (unpaired) electrons. The maximum Gasteiger partial charge on any atom is 0.330 e. The van der Waals surface area contributed by atoms with Gasteiger partial charge >= 0.3 is 11.9 Å². The number of hydrogen-bond acceptors (Lipinski definition) is 3. The highest BCUT2D eigenvalue weighted by molar-refractivity contribution is 5.87. The van der Waals surface area contributed by atoms with Gasteiger partial charge in [0.1, 0.15) is 0 Å². The summed E-state index contributed by atoms with van der Waals surface area (Å²) in [5, 5.41) is 9.10. The van der Waals surface area contributed by atoms with Crippen molar-refractivity contribution in [3.63, 3.8) is 0 Å². The van der Waals surface area contributed by atoms with Gasteiger partial charge in [-0.05, 0) is 31.1 Å². The Labute approximate surface area is 106 Å². The van der Waals surface area contributed by atoms with Gasteiger partial charge in [-0.1, -0.05) is 24.3 Å². The Hall–Kier alpha value is -2.10. The van der Waals surface area contributed by atoms with Crippen LogP contribution in [0.15, 0.2) is 30.3 Å². The van der Waals surface area contributed by atoms with Crippen molar-refractivity contribution in [3.05, 3.63) is 41.5 Å². The zero-order valence-electron chi connectivity index (χ0n) is 10.6. The van der Waals surface area contributed by atoms with E-state index in [1.54, 1.807) is 44.2 Å². The molecule has 0 bridgehead atoms. The zero-order chi connectivity index (χ0) is 13.8. The minimum absolute atomic E-state index is 0.426. The molecule has 0 unspecified atom stereocenters. The average molecular weight is 248 g/mol. The number of ether oxygens (including phenoxy) is 1. The Balaban J connectivity index is 2.90. The van der Waals surface area contributed by atoms with E-state index in [-0.39, 0.29) is 0 Å². The fraction of sp³-hybridized carbons (Fsp3) is 0.286. The van der Waals surface area contributed by atoms with E-state index < -0.39 is 17.4 Å². The summed E-state index contributed by atoms with van der Waals surface area (Å²) in [6.45, 7) is 3.29. The molecule has 1 aromatic carbocycles. The number of carbonyl (C=O) groups is 2. The number of benzene rings is 1. The summed E-state index contributed by atoms with van der Waals surface area (Å²) in [5.41, 5.74) is 0.598. The number of esters is 1. The largest absolute Gasteiger partial charge is 0.481 e. The number of hydrogen-bond donors (Lipinski definition) is 1. The molecule has 0 aliphatic rings. The lowest BCUT2D eigenvalue weighted by Gasteiger charge is -2.19. The van der Waals surface area contributed by atoms with Crippen LogP contribution in [0.4, 0.5) is 0 Å². The second kappa shape index (κ2) is 5.49. The highest BCUT2D eigenvalue weighted by Gasteiger charge is 2.28. The molecule has 4 heteroatoms. The molecule has 1 N–H and O–H groups in total. The van der Waals surface area contributed by atoms with Crippen molar-refractivity contribution in [2.45, 2.75) is 19.3 Å². The van der Waals surface area contributed by atoms with E-state index in [0.717, 1.165) is 5.56 Å². The topological polar surface area (TPSA) is 63.6 Å². The third kappa shape index (κ3) is 3.20. The van der Waals surface area contributed by atoms with Crippen LogP contribution >= 0.6 is 0 Å². The second-order valence-electron chi connectivity index (χ2n) is 4.41. The third-order valence-electron chi connectivity index (χ3n) is 2.78. The predicted molar refractivity (Wildman–Crippen MR) is 68.2 cm³/mol. The van der Waals surface area contributed by atoms with Crippen molar-refractivity contribution in [3.8, 4) is 0 Å². The Morgan fingerprint density at radius 2 is 1.78 bits per heavy atom. The van der Waals surface area contributed by atoms with Gasteiger partial charge in [0, 0.05) is 6.08 Å². The lowest BCUT2D eigenvalue weighted by Crippen LogP contribution is -2.28. The van der Waals surface area contributed by atoms with Gasteiger partial charge in [0.15, 0.2) is 0 Å². The van der Waals surface area contributed by atoms with Gasteiger partial charge in [-0.15, -0.1) is 0 Å². The number of carboxylic acid groups (broad SMARTS) is 1. The SMILES string of the molecule is COC(=O)C=Cc1ccc(C(C)(C)C(=O)O)cc1. The lowest BCUT2D eigenvalue weighted by molar-refractivity contribution is -0.142. The van der Waals surface area contributed by atoms with Crippen LogP contribution in [0.5, 0.6) is 0 Å². The molecule has 0 heterocycles. The minimum Gasteiger partial charge on any atom is -0.481 e. The summed E-state index contributed by atoms with van der Waals surface area (Å²) in [7, 11) is 1.31. The number of carboxylic acids is 1. The molecule has 0 fully saturated rings. The maximum absolute atomic E-state index is 11.1. The lowest BCUT2D eigenvalue weighted by atomic mass is 9.84. The highest BCUT2D eigenvalue weighted by atomic mass is 16.5. The summed E-state index contributed by atoms with van der Waals surface area (Å²) < 4.78 is 4.48. The fourth-order valence-electron chi connectivity index (χ4n) is 1.37. The smallest absolute Gasteiger partial charge is 0.330 e. The number of aliphatic carboxylic acids is 1. The molecule has 0 aliphatic heterocycles. The van der Waals surface area contributed by atoms with Gasteiger partial charge in [0.25, 0.3) is 0 Å². The van der Waals surface area contributed by atoms with Gasteiger partial charge in [-0.3, -0.25) is 4.79 Å². The summed E-state index contributed by atoms with van der Waals surface area (Å²) >= 11 is 0. The van der Waals surface area contributed by atoms with E-state index in [0.29, 0.717) is 5.56 Å². The maximum atomic E-state index is 11.1. The third-order valence-corrected chi connectivity index (χ3v) is 2.78. The van der Waals surface area contributed by atoms with Crippen molar-refractivity contribution >= 4 is 18.0 Å². The molecule has 0 aliphatic carbocycles. The quantitative estimate of drug-likeness (QED) is 0.655. The second-order valence-corrected chi connectivity index (χ2v) is 4.41. The van der Waals surface area contributed by atoms with E-state index in [4.69, 9.17) is 5.11 Å². The normalized spacial score (nSPS) is 11.5. The molecular weight excluding hydrogens is 232 g/mol. The predicted octanol–water partition coefficient (Wildman–Crippen LogP) is 2.24. The monoisotopic (exact) mass is 248 g/mol. The van der Waals surface area contributed by atoms with Gasteiger partial charge < -0.3 is 9.84 Å². The zero-order valence-corrected chi connectivity index (χ0v) is 10.6. The van der Waals surface area contributed by atoms with Crippen LogP contribution in [0, 0.1) is 0 Å². The minimum atomic E-state index is -0.926. The number of methoxy groups -OCH3 is 1. The van der Waals surface area contributed by atoms with E-state index in [1.165, 1.54) is 13.2 Å². The molecular formula is C14H16O4. The van der Waals surface area contributed by atoms with Crippen molar-refractivity contribution in [2.75, 3.05) is 7.11 Å². The Morgan fingerprint density at radius 1 is 1.22 bits per heavy atom.